The smallest absolute Gasteiger partial charge is 0.119 e. The molecule has 0 aliphatic rings. The maximum Gasteiger partial charge on any atom is 0.119 e. The highest BCUT2D eigenvalue weighted by Crippen LogP contribution is 2.22. The molecule has 19 heavy (non-hydrogen) atoms. The second kappa shape index (κ2) is 6.39. The van der Waals surface area contributed by atoms with Crippen molar-refractivity contribution in [2.75, 3.05) is 7.11 Å². The summed E-state index contributed by atoms with van der Waals surface area (Å²) >= 11 is 0. The molecule has 2 rings (SSSR count). The Morgan fingerprint density at radius 2 is 1.84 bits per heavy atom. The van der Waals surface area contributed by atoms with E-state index in [0.717, 1.165) is 24.2 Å². The first kappa shape index (κ1) is 13.6. The van der Waals surface area contributed by atoms with Gasteiger partial charge in [-0.25, -0.2) is 0 Å². The fourth-order valence-corrected chi connectivity index (χ4v) is 2.07. The van der Waals surface area contributed by atoms with Gasteiger partial charge < -0.3 is 9.84 Å². The molecule has 0 amide bonds. The van der Waals surface area contributed by atoms with Crippen LogP contribution in [0.3, 0.4) is 0 Å². The topological polar surface area (TPSA) is 29.5 Å². The van der Waals surface area contributed by atoms with Crippen molar-refractivity contribution in [2.45, 2.75) is 25.9 Å². The number of methoxy groups -OCH3 is 1. The van der Waals surface area contributed by atoms with E-state index in [1.165, 1.54) is 11.1 Å². The van der Waals surface area contributed by atoms with E-state index in [2.05, 4.69) is 31.2 Å². The van der Waals surface area contributed by atoms with Crippen LogP contribution in [0.5, 0.6) is 5.75 Å². The number of aryl methyl sites for hydroxylation is 2. The van der Waals surface area contributed by atoms with Gasteiger partial charge in [0.05, 0.1) is 13.2 Å². The number of aliphatic hydroxyl groups excluding tert-OH is 1. The molecule has 0 heterocycles. The summed E-state index contributed by atoms with van der Waals surface area (Å²) in [6.45, 7) is 2.08. The zero-order valence-electron chi connectivity index (χ0n) is 11.5. The highest BCUT2D eigenvalue weighted by molar-refractivity contribution is 5.30. The summed E-state index contributed by atoms with van der Waals surface area (Å²) in [5.41, 5.74) is 3.43. The standard InChI is InChI=1S/C17H20O2/c1-13-6-8-14(9-7-13)10-11-17(18)15-4-3-5-16(12-15)19-2/h3-9,12,17-18H,10-11H2,1-2H3. The lowest BCUT2D eigenvalue weighted by Crippen LogP contribution is -2.00. The van der Waals surface area contributed by atoms with E-state index >= 15 is 0 Å². The molecule has 1 unspecified atom stereocenters. The average molecular weight is 256 g/mol. The molecular formula is C17H20O2. The number of hydrogen-bond donors (Lipinski definition) is 1. The molecule has 0 saturated heterocycles. The molecule has 1 N–H and O–H groups in total. The summed E-state index contributed by atoms with van der Waals surface area (Å²) in [6, 6.07) is 16.1. The maximum atomic E-state index is 10.2. The number of ether oxygens (including phenoxy) is 1. The molecule has 0 aliphatic heterocycles. The molecule has 0 aromatic heterocycles. The minimum absolute atomic E-state index is 0.448. The van der Waals surface area contributed by atoms with Gasteiger partial charge in [0.15, 0.2) is 0 Å². The van der Waals surface area contributed by atoms with Crippen LogP contribution < -0.4 is 4.74 Å². The normalized spacial score (nSPS) is 12.2. The zero-order chi connectivity index (χ0) is 13.7. The lowest BCUT2D eigenvalue weighted by molar-refractivity contribution is 0.167. The first-order valence-corrected chi connectivity index (χ1v) is 6.56. The maximum absolute atomic E-state index is 10.2. The Kier molecular flexibility index (Phi) is 4.58. The molecule has 2 nitrogen and oxygen atoms in total. The highest BCUT2D eigenvalue weighted by atomic mass is 16.5. The Hall–Kier alpha value is -1.80. The predicted molar refractivity (Wildman–Crippen MR) is 77.5 cm³/mol. The van der Waals surface area contributed by atoms with Crippen LogP contribution >= 0.6 is 0 Å². The van der Waals surface area contributed by atoms with Crippen LogP contribution in [0.2, 0.25) is 0 Å². The van der Waals surface area contributed by atoms with Gasteiger partial charge in [-0.2, -0.15) is 0 Å². The fourth-order valence-electron chi connectivity index (χ4n) is 2.07. The molecular weight excluding hydrogens is 236 g/mol. The second-order valence-electron chi connectivity index (χ2n) is 4.82. The van der Waals surface area contributed by atoms with Gasteiger partial charge in [0.2, 0.25) is 0 Å². The third-order valence-electron chi connectivity index (χ3n) is 3.31. The molecule has 100 valence electrons. The minimum Gasteiger partial charge on any atom is -0.497 e. The SMILES string of the molecule is COc1cccc(C(O)CCc2ccc(C)cc2)c1. The largest absolute Gasteiger partial charge is 0.497 e. The van der Waals surface area contributed by atoms with Gasteiger partial charge >= 0.3 is 0 Å². The van der Waals surface area contributed by atoms with Gasteiger partial charge in [0, 0.05) is 0 Å². The van der Waals surface area contributed by atoms with Crippen molar-refractivity contribution in [2.24, 2.45) is 0 Å². The Labute approximate surface area is 114 Å². The average Bonchev–Trinajstić information content (AvgIpc) is 2.46. The van der Waals surface area contributed by atoms with Crippen molar-refractivity contribution < 1.29 is 9.84 Å². The lowest BCUT2D eigenvalue weighted by atomic mass is 10.0. The Bertz CT molecular complexity index is 517. The van der Waals surface area contributed by atoms with E-state index < -0.39 is 6.10 Å². The number of aliphatic hydroxyl groups is 1. The van der Waals surface area contributed by atoms with E-state index in [-0.39, 0.29) is 0 Å². The van der Waals surface area contributed by atoms with Gasteiger partial charge in [0.1, 0.15) is 5.75 Å². The zero-order valence-corrected chi connectivity index (χ0v) is 11.5. The molecule has 0 fully saturated rings. The predicted octanol–water partition coefficient (Wildman–Crippen LogP) is 3.67. The van der Waals surface area contributed by atoms with Gasteiger partial charge in [-0.15, -0.1) is 0 Å². The van der Waals surface area contributed by atoms with Crippen molar-refractivity contribution >= 4 is 0 Å². The molecule has 1 atom stereocenters. The summed E-state index contributed by atoms with van der Waals surface area (Å²) in [5, 5.41) is 10.2. The first-order chi connectivity index (χ1) is 9.19. The van der Waals surface area contributed by atoms with Crippen molar-refractivity contribution in [1.29, 1.82) is 0 Å². The number of hydrogen-bond acceptors (Lipinski definition) is 2. The fraction of sp³-hybridized carbons (Fsp3) is 0.294. The summed E-state index contributed by atoms with van der Waals surface area (Å²) < 4.78 is 5.17. The summed E-state index contributed by atoms with van der Waals surface area (Å²) in [4.78, 5) is 0. The molecule has 0 saturated carbocycles. The van der Waals surface area contributed by atoms with Crippen molar-refractivity contribution in [3.05, 3.63) is 65.2 Å². The van der Waals surface area contributed by atoms with E-state index in [4.69, 9.17) is 4.74 Å². The molecule has 2 aromatic carbocycles. The first-order valence-electron chi connectivity index (χ1n) is 6.56. The van der Waals surface area contributed by atoms with Gasteiger partial charge in [0.25, 0.3) is 0 Å². The quantitative estimate of drug-likeness (QED) is 0.884. The third kappa shape index (κ3) is 3.83. The van der Waals surface area contributed by atoms with Crippen LogP contribution in [0.4, 0.5) is 0 Å². The molecule has 2 heteroatoms. The Morgan fingerprint density at radius 3 is 2.53 bits per heavy atom. The van der Waals surface area contributed by atoms with Crippen LogP contribution in [0.25, 0.3) is 0 Å². The van der Waals surface area contributed by atoms with Crippen molar-refractivity contribution in [1.82, 2.24) is 0 Å². The highest BCUT2D eigenvalue weighted by Gasteiger charge is 2.08. The van der Waals surface area contributed by atoms with Crippen LogP contribution in [0.1, 0.15) is 29.2 Å². The molecule has 0 aliphatic carbocycles. The Morgan fingerprint density at radius 1 is 1.11 bits per heavy atom. The number of rotatable bonds is 5. The van der Waals surface area contributed by atoms with Crippen LogP contribution in [-0.2, 0) is 6.42 Å². The second-order valence-corrected chi connectivity index (χ2v) is 4.82. The van der Waals surface area contributed by atoms with E-state index in [9.17, 15) is 5.11 Å². The molecule has 0 bridgehead atoms. The molecule has 2 aromatic rings. The van der Waals surface area contributed by atoms with Gasteiger partial charge in [-0.1, -0.05) is 42.0 Å². The molecule has 0 spiro atoms. The van der Waals surface area contributed by atoms with Crippen molar-refractivity contribution in [3.8, 4) is 5.75 Å². The van der Waals surface area contributed by atoms with E-state index in [1.807, 2.05) is 24.3 Å². The van der Waals surface area contributed by atoms with Gasteiger partial charge in [-0.05, 0) is 43.0 Å². The summed E-state index contributed by atoms with van der Waals surface area (Å²) in [5.74, 6) is 0.784. The minimum atomic E-state index is -0.448. The number of benzene rings is 2. The van der Waals surface area contributed by atoms with Crippen LogP contribution in [0.15, 0.2) is 48.5 Å². The van der Waals surface area contributed by atoms with Crippen LogP contribution in [-0.4, -0.2) is 12.2 Å². The monoisotopic (exact) mass is 256 g/mol. The summed E-state index contributed by atoms with van der Waals surface area (Å²) in [7, 11) is 1.64. The van der Waals surface area contributed by atoms with E-state index in [0.29, 0.717) is 0 Å². The third-order valence-corrected chi connectivity index (χ3v) is 3.31. The van der Waals surface area contributed by atoms with Gasteiger partial charge in [-0.3, -0.25) is 0 Å². The Balaban J connectivity index is 1.96. The summed E-state index contributed by atoms with van der Waals surface area (Å²) in [6.07, 6.45) is 1.14. The molecule has 0 radical (unpaired) electrons. The van der Waals surface area contributed by atoms with E-state index in [1.54, 1.807) is 7.11 Å². The van der Waals surface area contributed by atoms with Crippen molar-refractivity contribution in [3.63, 3.8) is 0 Å². The lowest BCUT2D eigenvalue weighted by Gasteiger charge is -2.12. The van der Waals surface area contributed by atoms with Crippen LogP contribution in [0, 0.1) is 6.92 Å².